The van der Waals surface area contributed by atoms with E-state index in [4.69, 9.17) is 0 Å². The summed E-state index contributed by atoms with van der Waals surface area (Å²) < 4.78 is 25.2. The molecule has 0 aromatic rings. The highest BCUT2D eigenvalue weighted by Crippen LogP contribution is 2.26. The third-order valence-corrected chi connectivity index (χ3v) is 4.45. The number of carbonyl (C=O) groups excluding carboxylic acids is 1. The van der Waals surface area contributed by atoms with E-state index in [0.717, 1.165) is 25.7 Å². The SMILES string of the molecule is CC[C@H](C)CS(=O)(=O)NC(=O)C1CCC1. The Bertz CT molecular complexity index is 320. The maximum atomic E-state index is 11.5. The molecule has 1 atom stereocenters. The molecule has 1 N–H and O–H groups in total. The summed E-state index contributed by atoms with van der Waals surface area (Å²) in [4.78, 5) is 11.4. The minimum atomic E-state index is -3.41. The standard InChI is InChI=1S/C10H19NO3S/c1-3-8(2)7-15(13,14)11-10(12)9-5-4-6-9/h8-9H,3-7H2,1-2H3,(H,11,12)/t8-/m0/s1. The highest BCUT2D eigenvalue weighted by molar-refractivity contribution is 7.90. The van der Waals surface area contributed by atoms with Crippen LogP contribution in [0.2, 0.25) is 0 Å². The number of amides is 1. The van der Waals surface area contributed by atoms with Crippen LogP contribution >= 0.6 is 0 Å². The number of nitrogens with one attached hydrogen (secondary N) is 1. The lowest BCUT2D eigenvalue weighted by Crippen LogP contribution is -2.40. The molecule has 15 heavy (non-hydrogen) atoms. The zero-order valence-electron chi connectivity index (χ0n) is 9.32. The lowest BCUT2D eigenvalue weighted by atomic mass is 9.85. The minimum Gasteiger partial charge on any atom is -0.274 e. The molecule has 0 spiro atoms. The first kappa shape index (κ1) is 12.5. The summed E-state index contributed by atoms with van der Waals surface area (Å²) in [5.41, 5.74) is 0. The Balaban J connectivity index is 2.44. The van der Waals surface area contributed by atoms with Gasteiger partial charge in [-0.1, -0.05) is 26.7 Å². The summed E-state index contributed by atoms with van der Waals surface area (Å²) in [5, 5.41) is 0. The van der Waals surface area contributed by atoms with Crippen LogP contribution in [-0.4, -0.2) is 20.1 Å². The van der Waals surface area contributed by atoms with E-state index in [1.54, 1.807) is 0 Å². The van der Waals surface area contributed by atoms with Crippen molar-refractivity contribution in [2.75, 3.05) is 5.75 Å². The van der Waals surface area contributed by atoms with Gasteiger partial charge in [0.1, 0.15) is 0 Å². The zero-order chi connectivity index (χ0) is 11.5. The number of sulfonamides is 1. The second kappa shape index (κ2) is 4.96. The monoisotopic (exact) mass is 233 g/mol. The molecule has 1 saturated carbocycles. The predicted octanol–water partition coefficient (Wildman–Crippen LogP) is 1.28. The molecule has 1 amide bonds. The fraction of sp³-hybridized carbons (Fsp3) is 0.900. The van der Waals surface area contributed by atoms with Crippen LogP contribution in [0.1, 0.15) is 39.5 Å². The highest BCUT2D eigenvalue weighted by atomic mass is 32.2. The second-order valence-electron chi connectivity index (χ2n) is 4.39. The van der Waals surface area contributed by atoms with Gasteiger partial charge in [0.15, 0.2) is 0 Å². The number of carbonyl (C=O) groups is 1. The van der Waals surface area contributed by atoms with E-state index >= 15 is 0 Å². The maximum Gasteiger partial charge on any atom is 0.236 e. The molecule has 1 aliphatic rings. The molecule has 1 aliphatic carbocycles. The van der Waals surface area contributed by atoms with Crippen LogP contribution in [0.5, 0.6) is 0 Å². The van der Waals surface area contributed by atoms with Crippen molar-refractivity contribution in [3.05, 3.63) is 0 Å². The Hall–Kier alpha value is -0.580. The van der Waals surface area contributed by atoms with Crippen molar-refractivity contribution in [2.45, 2.75) is 39.5 Å². The molecular formula is C10H19NO3S. The van der Waals surface area contributed by atoms with Crippen LogP contribution in [0, 0.1) is 11.8 Å². The molecule has 0 bridgehead atoms. The normalized spacial score (nSPS) is 19.3. The lowest BCUT2D eigenvalue weighted by molar-refractivity contribution is -0.125. The molecule has 0 aromatic heterocycles. The molecule has 0 radical (unpaired) electrons. The molecule has 0 heterocycles. The van der Waals surface area contributed by atoms with Gasteiger partial charge in [0.05, 0.1) is 5.75 Å². The van der Waals surface area contributed by atoms with Gasteiger partial charge >= 0.3 is 0 Å². The fourth-order valence-corrected chi connectivity index (χ4v) is 2.98. The minimum absolute atomic E-state index is 0.0436. The van der Waals surface area contributed by atoms with Crippen molar-refractivity contribution in [3.8, 4) is 0 Å². The Labute approximate surface area is 91.5 Å². The van der Waals surface area contributed by atoms with Crippen LogP contribution in [-0.2, 0) is 14.8 Å². The molecule has 0 aliphatic heterocycles. The van der Waals surface area contributed by atoms with Gasteiger partial charge in [-0.15, -0.1) is 0 Å². The summed E-state index contributed by atoms with van der Waals surface area (Å²) >= 11 is 0. The van der Waals surface area contributed by atoms with Gasteiger partial charge in [0.25, 0.3) is 0 Å². The highest BCUT2D eigenvalue weighted by Gasteiger charge is 2.28. The zero-order valence-corrected chi connectivity index (χ0v) is 10.1. The molecule has 5 heteroatoms. The van der Waals surface area contributed by atoms with Crippen molar-refractivity contribution in [2.24, 2.45) is 11.8 Å². The molecular weight excluding hydrogens is 214 g/mol. The summed E-state index contributed by atoms with van der Waals surface area (Å²) in [6, 6.07) is 0. The summed E-state index contributed by atoms with van der Waals surface area (Å²) in [6.07, 6.45) is 3.48. The smallest absolute Gasteiger partial charge is 0.236 e. The van der Waals surface area contributed by atoms with Crippen molar-refractivity contribution in [3.63, 3.8) is 0 Å². The number of rotatable bonds is 5. The van der Waals surface area contributed by atoms with Gasteiger partial charge < -0.3 is 0 Å². The van der Waals surface area contributed by atoms with Gasteiger partial charge in [-0.25, -0.2) is 8.42 Å². The van der Waals surface area contributed by atoms with Crippen molar-refractivity contribution in [1.29, 1.82) is 0 Å². The van der Waals surface area contributed by atoms with Crippen LogP contribution in [0.25, 0.3) is 0 Å². The molecule has 4 nitrogen and oxygen atoms in total. The largest absolute Gasteiger partial charge is 0.274 e. The first-order valence-electron chi connectivity index (χ1n) is 5.49. The van der Waals surface area contributed by atoms with Crippen molar-refractivity contribution >= 4 is 15.9 Å². The number of hydrogen-bond acceptors (Lipinski definition) is 3. The van der Waals surface area contributed by atoms with E-state index in [1.807, 2.05) is 13.8 Å². The van der Waals surface area contributed by atoms with Crippen LogP contribution in [0.15, 0.2) is 0 Å². The van der Waals surface area contributed by atoms with E-state index in [1.165, 1.54) is 0 Å². The van der Waals surface area contributed by atoms with Gasteiger partial charge in [0, 0.05) is 5.92 Å². The second-order valence-corrected chi connectivity index (χ2v) is 6.16. The van der Waals surface area contributed by atoms with Gasteiger partial charge in [-0.05, 0) is 18.8 Å². The summed E-state index contributed by atoms with van der Waals surface area (Å²) in [6.45, 7) is 3.81. The molecule has 1 rings (SSSR count). The van der Waals surface area contributed by atoms with E-state index in [2.05, 4.69) is 4.72 Å². The van der Waals surface area contributed by atoms with Gasteiger partial charge in [0.2, 0.25) is 15.9 Å². The lowest BCUT2D eigenvalue weighted by Gasteiger charge is -2.24. The van der Waals surface area contributed by atoms with Gasteiger partial charge in [-0.3, -0.25) is 9.52 Å². The van der Waals surface area contributed by atoms with E-state index in [-0.39, 0.29) is 23.5 Å². The summed E-state index contributed by atoms with van der Waals surface area (Å²) in [7, 11) is -3.41. The maximum absolute atomic E-state index is 11.5. The van der Waals surface area contributed by atoms with Crippen molar-refractivity contribution in [1.82, 2.24) is 4.72 Å². The van der Waals surface area contributed by atoms with Crippen molar-refractivity contribution < 1.29 is 13.2 Å². The van der Waals surface area contributed by atoms with Crippen LogP contribution in [0.3, 0.4) is 0 Å². The Kier molecular flexibility index (Phi) is 4.13. The van der Waals surface area contributed by atoms with Crippen LogP contribution in [0.4, 0.5) is 0 Å². The van der Waals surface area contributed by atoms with E-state index in [9.17, 15) is 13.2 Å². The molecule has 0 unspecified atom stereocenters. The Morgan fingerprint density at radius 1 is 1.47 bits per heavy atom. The molecule has 0 aromatic carbocycles. The van der Waals surface area contributed by atoms with Gasteiger partial charge in [-0.2, -0.15) is 0 Å². The number of hydrogen-bond donors (Lipinski definition) is 1. The molecule has 88 valence electrons. The fourth-order valence-electron chi connectivity index (χ4n) is 1.44. The summed E-state index contributed by atoms with van der Waals surface area (Å²) in [5.74, 6) is -0.250. The first-order chi connectivity index (χ1) is 6.94. The average Bonchev–Trinajstić information content (AvgIpc) is 1.98. The Morgan fingerprint density at radius 3 is 2.47 bits per heavy atom. The topological polar surface area (TPSA) is 63.2 Å². The third-order valence-electron chi connectivity index (χ3n) is 2.93. The molecule has 0 saturated heterocycles. The first-order valence-corrected chi connectivity index (χ1v) is 7.14. The quantitative estimate of drug-likeness (QED) is 0.778. The predicted molar refractivity (Wildman–Crippen MR) is 58.7 cm³/mol. The van der Waals surface area contributed by atoms with Crippen LogP contribution < -0.4 is 4.72 Å². The van der Waals surface area contributed by atoms with E-state index in [0.29, 0.717) is 0 Å². The molecule has 1 fully saturated rings. The average molecular weight is 233 g/mol. The Morgan fingerprint density at radius 2 is 2.07 bits per heavy atom. The van der Waals surface area contributed by atoms with E-state index < -0.39 is 10.0 Å². The third kappa shape index (κ3) is 3.81.